The number of benzene rings is 2. The van der Waals surface area contributed by atoms with E-state index in [4.69, 9.17) is 9.47 Å². The first-order valence-corrected chi connectivity index (χ1v) is 9.85. The third-order valence-corrected chi connectivity index (χ3v) is 5.02. The number of nitrogens with zero attached hydrogens (tertiary/aromatic N) is 1. The summed E-state index contributed by atoms with van der Waals surface area (Å²) in [4.78, 5) is 27.1. The van der Waals surface area contributed by atoms with Crippen molar-refractivity contribution >= 4 is 23.6 Å². The molecule has 0 bridgehead atoms. The van der Waals surface area contributed by atoms with Gasteiger partial charge < -0.3 is 14.8 Å². The standard InChI is InChI=1S/C23H24N2O4/c1-16-6-4-7-17(12-16)13-21-23(27)25(19-9-2-3-10-20(19)29-21)15-22(26)24-14-18-8-5-11-28-18/h2-4,6-7,9-10,12-13,18H,5,8,11,14-15H2,1H3,(H,24,26)/b21-13+/t18-/m0/s1. The van der Waals surface area contributed by atoms with Crippen molar-refractivity contribution in [3.63, 3.8) is 0 Å². The Morgan fingerprint density at radius 1 is 1.24 bits per heavy atom. The van der Waals surface area contributed by atoms with Crippen LogP contribution in [0, 0.1) is 6.92 Å². The maximum Gasteiger partial charge on any atom is 0.294 e. The smallest absolute Gasteiger partial charge is 0.294 e. The molecular formula is C23H24N2O4. The highest BCUT2D eigenvalue weighted by atomic mass is 16.5. The number of carbonyl (C=O) groups excluding carboxylic acids is 2. The zero-order valence-corrected chi connectivity index (χ0v) is 16.4. The number of anilines is 1. The van der Waals surface area contributed by atoms with Crippen molar-refractivity contribution in [2.24, 2.45) is 0 Å². The molecule has 0 radical (unpaired) electrons. The van der Waals surface area contributed by atoms with Crippen molar-refractivity contribution in [3.8, 4) is 5.75 Å². The van der Waals surface area contributed by atoms with Gasteiger partial charge in [-0.3, -0.25) is 14.5 Å². The normalized spacial score (nSPS) is 19.8. The number of ether oxygens (including phenoxy) is 2. The lowest BCUT2D eigenvalue weighted by Gasteiger charge is -2.30. The topological polar surface area (TPSA) is 67.9 Å². The molecular weight excluding hydrogens is 368 g/mol. The minimum absolute atomic E-state index is 0.0587. The zero-order chi connectivity index (χ0) is 20.2. The number of hydrogen-bond acceptors (Lipinski definition) is 4. The Labute approximate surface area is 170 Å². The molecule has 0 spiro atoms. The summed E-state index contributed by atoms with van der Waals surface area (Å²) in [6, 6.07) is 15.0. The number of hydrogen-bond donors (Lipinski definition) is 1. The van der Waals surface area contributed by atoms with E-state index < -0.39 is 0 Å². The molecule has 1 atom stereocenters. The Balaban J connectivity index is 1.54. The molecule has 2 aliphatic heterocycles. The second kappa shape index (κ2) is 8.49. The highest BCUT2D eigenvalue weighted by Crippen LogP contribution is 2.35. The molecule has 0 unspecified atom stereocenters. The van der Waals surface area contributed by atoms with Gasteiger partial charge in [0.2, 0.25) is 5.91 Å². The summed E-state index contributed by atoms with van der Waals surface area (Å²) in [7, 11) is 0. The Kier molecular flexibility index (Phi) is 5.62. The van der Waals surface area contributed by atoms with Gasteiger partial charge in [0.25, 0.3) is 5.91 Å². The molecule has 6 nitrogen and oxygen atoms in total. The van der Waals surface area contributed by atoms with Gasteiger partial charge in [0, 0.05) is 13.2 Å². The minimum atomic E-state index is -0.336. The predicted molar refractivity (Wildman–Crippen MR) is 111 cm³/mol. The summed E-state index contributed by atoms with van der Waals surface area (Å²) in [5.41, 5.74) is 2.55. The van der Waals surface area contributed by atoms with Crippen LogP contribution in [0.3, 0.4) is 0 Å². The molecule has 0 aliphatic carbocycles. The highest BCUT2D eigenvalue weighted by Gasteiger charge is 2.31. The first-order chi connectivity index (χ1) is 14.1. The van der Waals surface area contributed by atoms with Crippen LogP contribution >= 0.6 is 0 Å². The summed E-state index contributed by atoms with van der Waals surface area (Å²) in [6.07, 6.45) is 3.73. The molecule has 1 fully saturated rings. The molecule has 2 heterocycles. The van der Waals surface area contributed by atoms with E-state index in [2.05, 4.69) is 5.32 Å². The minimum Gasteiger partial charge on any atom is -0.449 e. The van der Waals surface area contributed by atoms with E-state index in [0.717, 1.165) is 30.6 Å². The molecule has 0 saturated carbocycles. The first kappa shape index (κ1) is 19.2. The van der Waals surface area contributed by atoms with Crippen molar-refractivity contribution in [1.82, 2.24) is 5.32 Å². The molecule has 1 N–H and O–H groups in total. The van der Waals surface area contributed by atoms with E-state index in [0.29, 0.717) is 18.0 Å². The quantitative estimate of drug-likeness (QED) is 0.794. The fourth-order valence-electron chi connectivity index (χ4n) is 3.56. The molecule has 4 rings (SSSR count). The van der Waals surface area contributed by atoms with Gasteiger partial charge in [-0.05, 0) is 43.5 Å². The molecule has 1 saturated heterocycles. The van der Waals surface area contributed by atoms with Gasteiger partial charge in [-0.1, -0.05) is 42.0 Å². The fraction of sp³-hybridized carbons (Fsp3) is 0.304. The third kappa shape index (κ3) is 4.49. The maximum absolute atomic E-state index is 13.1. The first-order valence-electron chi connectivity index (χ1n) is 9.85. The molecule has 0 aromatic heterocycles. The Morgan fingerprint density at radius 2 is 2.10 bits per heavy atom. The maximum atomic E-state index is 13.1. The van der Waals surface area contributed by atoms with Crippen molar-refractivity contribution in [2.45, 2.75) is 25.9 Å². The van der Waals surface area contributed by atoms with Crippen LogP contribution in [-0.2, 0) is 14.3 Å². The average molecular weight is 392 g/mol. The van der Waals surface area contributed by atoms with Gasteiger partial charge in [0.1, 0.15) is 6.54 Å². The van der Waals surface area contributed by atoms with Crippen LogP contribution in [0.25, 0.3) is 6.08 Å². The van der Waals surface area contributed by atoms with Crippen LogP contribution in [0.15, 0.2) is 54.3 Å². The lowest BCUT2D eigenvalue weighted by molar-refractivity contribution is -0.123. The van der Waals surface area contributed by atoms with Gasteiger partial charge in [-0.2, -0.15) is 0 Å². The number of fused-ring (bicyclic) bond motifs is 1. The molecule has 2 aromatic carbocycles. The van der Waals surface area contributed by atoms with Crippen LogP contribution in [0.5, 0.6) is 5.75 Å². The average Bonchev–Trinajstić information content (AvgIpc) is 3.23. The lowest BCUT2D eigenvalue weighted by atomic mass is 10.1. The highest BCUT2D eigenvalue weighted by molar-refractivity contribution is 6.12. The number of nitrogens with one attached hydrogen (secondary N) is 1. The second-order valence-electron chi connectivity index (χ2n) is 7.32. The second-order valence-corrected chi connectivity index (χ2v) is 7.32. The molecule has 2 aromatic rings. The summed E-state index contributed by atoms with van der Waals surface area (Å²) in [6.45, 7) is 3.12. The van der Waals surface area contributed by atoms with Crippen LogP contribution in [0.1, 0.15) is 24.0 Å². The van der Waals surface area contributed by atoms with E-state index in [9.17, 15) is 9.59 Å². The van der Waals surface area contributed by atoms with Gasteiger partial charge in [0.05, 0.1) is 11.8 Å². The third-order valence-electron chi connectivity index (χ3n) is 5.02. The largest absolute Gasteiger partial charge is 0.449 e. The van der Waals surface area contributed by atoms with Crippen LogP contribution < -0.4 is 15.0 Å². The number of amides is 2. The van der Waals surface area contributed by atoms with Gasteiger partial charge in [-0.25, -0.2) is 0 Å². The van der Waals surface area contributed by atoms with Crippen molar-refractivity contribution in [3.05, 3.63) is 65.4 Å². The summed E-state index contributed by atoms with van der Waals surface area (Å²) in [5, 5.41) is 2.88. The summed E-state index contributed by atoms with van der Waals surface area (Å²) >= 11 is 0. The Morgan fingerprint density at radius 3 is 2.90 bits per heavy atom. The molecule has 150 valence electrons. The number of rotatable bonds is 5. The van der Waals surface area contributed by atoms with Crippen LogP contribution in [0.4, 0.5) is 5.69 Å². The summed E-state index contributed by atoms with van der Waals surface area (Å²) < 4.78 is 11.4. The Hall–Kier alpha value is -3.12. The van der Waals surface area contributed by atoms with Crippen molar-refractivity contribution in [2.75, 3.05) is 24.6 Å². The van der Waals surface area contributed by atoms with E-state index in [1.165, 1.54) is 4.90 Å². The number of para-hydroxylation sites is 2. The van der Waals surface area contributed by atoms with Crippen molar-refractivity contribution < 1.29 is 19.1 Å². The van der Waals surface area contributed by atoms with Gasteiger partial charge in [0.15, 0.2) is 11.5 Å². The van der Waals surface area contributed by atoms with Crippen LogP contribution in [0.2, 0.25) is 0 Å². The molecule has 6 heteroatoms. The fourth-order valence-corrected chi connectivity index (χ4v) is 3.56. The van der Waals surface area contributed by atoms with E-state index >= 15 is 0 Å². The molecule has 29 heavy (non-hydrogen) atoms. The number of aryl methyl sites for hydroxylation is 1. The van der Waals surface area contributed by atoms with E-state index in [-0.39, 0.29) is 30.2 Å². The van der Waals surface area contributed by atoms with Crippen molar-refractivity contribution in [1.29, 1.82) is 0 Å². The van der Waals surface area contributed by atoms with E-state index in [1.807, 2.05) is 43.3 Å². The predicted octanol–water partition coefficient (Wildman–Crippen LogP) is 3.06. The zero-order valence-electron chi connectivity index (χ0n) is 16.4. The van der Waals surface area contributed by atoms with Gasteiger partial charge >= 0.3 is 0 Å². The van der Waals surface area contributed by atoms with Gasteiger partial charge in [-0.15, -0.1) is 0 Å². The van der Waals surface area contributed by atoms with Crippen LogP contribution in [-0.4, -0.2) is 37.6 Å². The SMILES string of the molecule is Cc1cccc(/C=C2/Oc3ccccc3N(CC(=O)NC[C@@H]3CCCO3)C2=O)c1. The molecule has 2 amide bonds. The lowest BCUT2D eigenvalue weighted by Crippen LogP contribution is -2.45. The monoisotopic (exact) mass is 392 g/mol. The Bertz CT molecular complexity index is 947. The molecule has 2 aliphatic rings. The van der Waals surface area contributed by atoms with E-state index in [1.54, 1.807) is 18.2 Å². The summed E-state index contributed by atoms with van der Waals surface area (Å²) in [5.74, 6) is 0.192. The number of carbonyl (C=O) groups is 2.